The number of ether oxygens (including phenoxy) is 1. The Labute approximate surface area is 81.5 Å². The van der Waals surface area contributed by atoms with Crippen molar-refractivity contribution in [1.29, 1.82) is 0 Å². The molecule has 0 amide bonds. The number of aryl methyl sites for hydroxylation is 1. The van der Waals surface area contributed by atoms with E-state index in [0.29, 0.717) is 18.3 Å². The van der Waals surface area contributed by atoms with Gasteiger partial charge in [0.2, 0.25) is 0 Å². The molecule has 0 unspecified atom stereocenters. The first-order chi connectivity index (χ1) is 6.65. The molecule has 0 radical (unpaired) electrons. The highest BCUT2D eigenvalue weighted by molar-refractivity contribution is 5.76. The van der Waals surface area contributed by atoms with Crippen molar-refractivity contribution in [3.05, 3.63) is 35.1 Å². The number of benzene rings is 1. The van der Waals surface area contributed by atoms with E-state index in [-0.39, 0.29) is 5.82 Å². The zero-order chi connectivity index (χ0) is 11.0. The molecule has 0 heterocycles. The van der Waals surface area contributed by atoms with Gasteiger partial charge < -0.3 is 4.74 Å². The average molecular weight is 198 g/mol. The van der Waals surface area contributed by atoms with Crippen molar-refractivity contribution in [3.63, 3.8) is 0 Å². The molecule has 3 nitrogen and oxygen atoms in total. The summed E-state index contributed by atoms with van der Waals surface area (Å²) in [6.45, 7) is 2.14. The van der Waals surface area contributed by atoms with Crippen molar-refractivity contribution in [1.82, 2.24) is 0 Å². The van der Waals surface area contributed by atoms with E-state index in [1.807, 2.05) is 0 Å². The number of aldehydes is 1. The molecule has 76 valence electrons. The van der Waals surface area contributed by atoms with Crippen molar-refractivity contribution in [2.24, 2.45) is 0 Å². The standard InChI is InChI=1S/C8H7FO.C2H4O2/c1-6-2-3-8(9)4-7(6)5-10;1-4-2-3/h2-5H,1H3;2H,1H3. The van der Waals surface area contributed by atoms with Crippen LogP contribution in [0.3, 0.4) is 0 Å². The van der Waals surface area contributed by atoms with Crippen molar-refractivity contribution in [2.45, 2.75) is 6.92 Å². The fourth-order valence-corrected chi connectivity index (χ4v) is 0.738. The summed E-state index contributed by atoms with van der Waals surface area (Å²) in [5.74, 6) is -0.368. The largest absolute Gasteiger partial charge is 0.471 e. The smallest absolute Gasteiger partial charge is 0.292 e. The summed E-state index contributed by atoms with van der Waals surface area (Å²) < 4.78 is 16.2. The van der Waals surface area contributed by atoms with Crippen LogP contribution in [0.25, 0.3) is 0 Å². The Bertz CT molecular complexity index is 310. The zero-order valence-electron chi connectivity index (χ0n) is 7.99. The van der Waals surface area contributed by atoms with Crippen molar-refractivity contribution in [3.8, 4) is 0 Å². The maximum Gasteiger partial charge on any atom is 0.292 e. The van der Waals surface area contributed by atoms with Crippen LogP contribution in [0.2, 0.25) is 0 Å². The second-order valence-electron chi connectivity index (χ2n) is 2.45. The zero-order valence-corrected chi connectivity index (χ0v) is 7.99. The molecule has 0 spiro atoms. The fourth-order valence-electron chi connectivity index (χ4n) is 0.738. The Morgan fingerprint density at radius 2 is 1.93 bits per heavy atom. The number of halogens is 1. The van der Waals surface area contributed by atoms with Crippen LogP contribution in [0.1, 0.15) is 15.9 Å². The maximum atomic E-state index is 12.4. The molecular weight excluding hydrogens is 187 g/mol. The lowest BCUT2D eigenvalue weighted by atomic mass is 10.1. The molecule has 0 aliphatic rings. The van der Waals surface area contributed by atoms with Gasteiger partial charge in [-0.25, -0.2) is 4.39 Å². The molecule has 0 bridgehead atoms. The van der Waals surface area contributed by atoms with Gasteiger partial charge in [-0.3, -0.25) is 9.59 Å². The van der Waals surface area contributed by atoms with Gasteiger partial charge in [0.1, 0.15) is 12.1 Å². The lowest BCUT2D eigenvalue weighted by molar-refractivity contribution is -0.126. The van der Waals surface area contributed by atoms with Gasteiger partial charge >= 0.3 is 0 Å². The van der Waals surface area contributed by atoms with Crippen molar-refractivity contribution in [2.75, 3.05) is 7.11 Å². The summed E-state index contributed by atoms with van der Waals surface area (Å²) in [7, 11) is 1.31. The third-order valence-corrected chi connectivity index (χ3v) is 1.46. The maximum absolute atomic E-state index is 12.4. The summed E-state index contributed by atoms with van der Waals surface area (Å²) >= 11 is 0. The van der Waals surface area contributed by atoms with E-state index < -0.39 is 0 Å². The molecule has 0 aliphatic carbocycles. The second-order valence-corrected chi connectivity index (χ2v) is 2.45. The first-order valence-corrected chi connectivity index (χ1v) is 3.83. The summed E-state index contributed by atoms with van der Waals surface area (Å²) in [4.78, 5) is 19.2. The predicted octanol–water partition coefficient (Wildman–Crippen LogP) is 1.74. The Kier molecular flexibility index (Phi) is 5.94. The first kappa shape index (κ1) is 12.3. The van der Waals surface area contributed by atoms with Crippen LogP contribution in [-0.2, 0) is 9.53 Å². The SMILES string of the molecule is COC=O.Cc1ccc(F)cc1C=O. The van der Waals surface area contributed by atoms with Gasteiger partial charge in [-0.1, -0.05) is 6.07 Å². The minimum atomic E-state index is -0.368. The highest BCUT2D eigenvalue weighted by atomic mass is 19.1. The Balaban J connectivity index is 0.000000364. The highest BCUT2D eigenvalue weighted by Crippen LogP contribution is 2.06. The number of hydrogen-bond acceptors (Lipinski definition) is 3. The lowest BCUT2D eigenvalue weighted by Crippen LogP contribution is -1.86. The number of carbonyl (C=O) groups is 2. The summed E-state index contributed by atoms with van der Waals surface area (Å²) in [5, 5.41) is 0. The number of methoxy groups -OCH3 is 1. The van der Waals surface area contributed by atoms with Gasteiger partial charge in [0.15, 0.2) is 0 Å². The van der Waals surface area contributed by atoms with Crippen molar-refractivity contribution >= 4 is 12.8 Å². The van der Waals surface area contributed by atoms with Gasteiger partial charge in [0, 0.05) is 5.56 Å². The fraction of sp³-hybridized carbons (Fsp3) is 0.200. The molecule has 0 saturated heterocycles. The molecule has 0 aromatic heterocycles. The van der Waals surface area contributed by atoms with E-state index in [4.69, 9.17) is 4.79 Å². The Hall–Kier alpha value is -1.71. The summed E-state index contributed by atoms with van der Waals surface area (Å²) in [6.07, 6.45) is 0.651. The third-order valence-electron chi connectivity index (χ3n) is 1.46. The molecule has 1 aromatic carbocycles. The van der Waals surface area contributed by atoms with Crippen molar-refractivity contribution < 1.29 is 18.7 Å². The van der Waals surface area contributed by atoms with E-state index in [1.54, 1.807) is 13.0 Å². The number of carbonyl (C=O) groups excluding carboxylic acids is 2. The van der Waals surface area contributed by atoms with Crippen LogP contribution >= 0.6 is 0 Å². The van der Waals surface area contributed by atoms with E-state index in [2.05, 4.69) is 4.74 Å². The molecule has 0 aliphatic heterocycles. The topological polar surface area (TPSA) is 43.4 Å². The summed E-state index contributed by atoms with van der Waals surface area (Å²) in [6, 6.07) is 4.14. The van der Waals surface area contributed by atoms with Crippen LogP contribution in [0.15, 0.2) is 18.2 Å². The van der Waals surface area contributed by atoms with Gasteiger partial charge in [0.25, 0.3) is 6.47 Å². The normalized spacial score (nSPS) is 8.21. The van der Waals surface area contributed by atoms with E-state index in [0.717, 1.165) is 5.56 Å². The van der Waals surface area contributed by atoms with Gasteiger partial charge in [-0.2, -0.15) is 0 Å². The predicted molar refractivity (Wildman–Crippen MR) is 49.6 cm³/mol. The lowest BCUT2D eigenvalue weighted by Gasteiger charge is -1.95. The minimum absolute atomic E-state index is 0.368. The van der Waals surface area contributed by atoms with Crippen LogP contribution in [0.5, 0.6) is 0 Å². The quantitative estimate of drug-likeness (QED) is 0.680. The van der Waals surface area contributed by atoms with Gasteiger partial charge in [0.05, 0.1) is 7.11 Å². The molecule has 0 atom stereocenters. The number of hydrogen-bond donors (Lipinski definition) is 0. The van der Waals surface area contributed by atoms with Crippen LogP contribution < -0.4 is 0 Å². The van der Waals surface area contributed by atoms with Crippen LogP contribution in [0.4, 0.5) is 4.39 Å². The molecular formula is C10H11FO3. The molecule has 14 heavy (non-hydrogen) atoms. The molecule has 0 saturated carbocycles. The van der Waals surface area contributed by atoms with E-state index in [9.17, 15) is 9.18 Å². The summed E-state index contributed by atoms with van der Waals surface area (Å²) in [5.41, 5.74) is 1.22. The number of rotatable bonds is 2. The third kappa shape index (κ3) is 4.35. The molecule has 0 fully saturated rings. The second kappa shape index (κ2) is 6.77. The van der Waals surface area contributed by atoms with Gasteiger partial charge in [-0.15, -0.1) is 0 Å². The van der Waals surface area contributed by atoms with E-state index >= 15 is 0 Å². The molecule has 4 heteroatoms. The molecule has 1 aromatic rings. The average Bonchev–Trinajstić information content (AvgIpc) is 2.22. The first-order valence-electron chi connectivity index (χ1n) is 3.83. The Morgan fingerprint density at radius 1 is 1.36 bits per heavy atom. The molecule has 0 N–H and O–H groups in total. The highest BCUT2D eigenvalue weighted by Gasteiger charge is 1.96. The molecule has 1 rings (SSSR count). The monoisotopic (exact) mass is 198 g/mol. The van der Waals surface area contributed by atoms with E-state index in [1.165, 1.54) is 19.2 Å². The Morgan fingerprint density at radius 3 is 2.29 bits per heavy atom. The van der Waals surface area contributed by atoms with Crippen LogP contribution in [-0.4, -0.2) is 19.9 Å². The minimum Gasteiger partial charge on any atom is -0.471 e. The van der Waals surface area contributed by atoms with Gasteiger partial charge in [-0.05, 0) is 24.6 Å². The van der Waals surface area contributed by atoms with Crippen LogP contribution in [0, 0.1) is 12.7 Å².